The SMILES string of the molecule is O=C1CC[C@@H](c2ccc(Cl)cc2Cl)N1. The minimum absolute atomic E-state index is 0.0484. The smallest absolute Gasteiger partial charge is 0.220 e. The maximum atomic E-state index is 11.0. The second kappa shape index (κ2) is 3.79. The Bertz CT molecular complexity index is 378. The first-order valence-electron chi connectivity index (χ1n) is 4.41. The van der Waals surface area contributed by atoms with Crippen molar-refractivity contribution in [2.45, 2.75) is 18.9 Å². The van der Waals surface area contributed by atoms with Gasteiger partial charge < -0.3 is 5.32 Å². The number of halogens is 2. The van der Waals surface area contributed by atoms with Gasteiger partial charge in [0.05, 0.1) is 6.04 Å². The van der Waals surface area contributed by atoms with Gasteiger partial charge in [-0.25, -0.2) is 0 Å². The molecule has 1 saturated heterocycles. The summed E-state index contributed by atoms with van der Waals surface area (Å²) in [5, 5.41) is 4.09. The van der Waals surface area contributed by atoms with Gasteiger partial charge in [0, 0.05) is 16.5 Å². The van der Waals surface area contributed by atoms with E-state index in [0.717, 1.165) is 12.0 Å². The first-order valence-corrected chi connectivity index (χ1v) is 5.17. The van der Waals surface area contributed by atoms with Crippen molar-refractivity contribution >= 4 is 29.1 Å². The monoisotopic (exact) mass is 229 g/mol. The van der Waals surface area contributed by atoms with Gasteiger partial charge in [-0.1, -0.05) is 29.3 Å². The predicted molar refractivity (Wildman–Crippen MR) is 56.6 cm³/mol. The summed E-state index contributed by atoms with van der Waals surface area (Å²) in [6, 6.07) is 5.39. The Morgan fingerprint density at radius 1 is 1.36 bits per heavy atom. The molecule has 0 aliphatic carbocycles. The molecule has 0 bridgehead atoms. The Hall–Kier alpha value is -0.730. The van der Waals surface area contributed by atoms with Crippen LogP contribution in [0.1, 0.15) is 24.4 Å². The van der Waals surface area contributed by atoms with Gasteiger partial charge in [0.1, 0.15) is 0 Å². The number of rotatable bonds is 1. The first-order chi connectivity index (χ1) is 6.66. The number of benzene rings is 1. The molecule has 4 heteroatoms. The van der Waals surface area contributed by atoms with E-state index in [1.165, 1.54) is 0 Å². The van der Waals surface area contributed by atoms with Gasteiger partial charge in [-0.3, -0.25) is 4.79 Å². The van der Waals surface area contributed by atoms with Gasteiger partial charge in [0.25, 0.3) is 0 Å². The molecule has 0 aromatic heterocycles. The van der Waals surface area contributed by atoms with Crippen molar-refractivity contribution in [3.63, 3.8) is 0 Å². The van der Waals surface area contributed by atoms with Crippen LogP contribution in [-0.2, 0) is 4.79 Å². The highest BCUT2D eigenvalue weighted by molar-refractivity contribution is 6.35. The zero-order valence-electron chi connectivity index (χ0n) is 7.39. The van der Waals surface area contributed by atoms with Crippen molar-refractivity contribution in [3.05, 3.63) is 33.8 Å². The Morgan fingerprint density at radius 3 is 2.71 bits per heavy atom. The highest BCUT2D eigenvalue weighted by Gasteiger charge is 2.23. The number of amides is 1. The summed E-state index contributed by atoms with van der Waals surface area (Å²) in [7, 11) is 0. The van der Waals surface area contributed by atoms with Gasteiger partial charge in [-0.05, 0) is 24.1 Å². The second-order valence-corrected chi connectivity index (χ2v) is 4.17. The topological polar surface area (TPSA) is 29.1 Å². The Morgan fingerprint density at radius 2 is 2.14 bits per heavy atom. The molecule has 1 aliphatic rings. The zero-order chi connectivity index (χ0) is 10.1. The van der Waals surface area contributed by atoms with Crippen molar-refractivity contribution in [2.75, 3.05) is 0 Å². The van der Waals surface area contributed by atoms with Crippen molar-refractivity contribution in [1.29, 1.82) is 0 Å². The molecule has 1 N–H and O–H groups in total. The summed E-state index contributed by atoms with van der Waals surface area (Å²) in [6.45, 7) is 0. The maximum absolute atomic E-state index is 11.0. The predicted octanol–water partition coefficient (Wildman–Crippen LogP) is 2.94. The summed E-state index contributed by atoms with van der Waals surface area (Å²) >= 11 is 11.8. The van der Waals surface area contributed by atoms with E-state index in [2.05, 4.69) is 5.32 Å². The number of carbonyl (C=O) groups excluding carboxylic acids is 1. The van der Waals surface area contributed by atoms with Gasteiger partial charge in [-0.15, -0.1) is 0 Å². The van der Waals surface area contributed by atoms with Gasteiger partial charge in [0.2, 0.25) is 5.91 Å². The van der Waals surface area contributed by atoms with E-state index in [1.807, 2.05) is 6.07 Å². The quantitative estimate of drug-likeness (QED) is 0.789. The third-order valence-electron chi connectivity index (χ3n) is 2.33. The van der Waals surface area contributed by atoms with E-state index in [4.69, 9.17) is 23.2 Å². The highest BCUT2D eigenvalue weighted by Crippen LogP contribution is 2.31. The van der Waals surface area contributed by atoms with E-state index < -0.39 is 0 Å². The normalized spacial score (nSPS) is 21.0. The van der Waals surface area contributed by atoms with Gasteiger partial charge in [0.15, 0.2) is 0 Å². The summed E-state index contributed by atoms with van der Waals surface area (Å²) in [4.78, 5) is 11.0. The molecule has 0 unspecified atom stereocenters. The lowest BCUT2D eigenvalue weighted by molar-refractivity contribution is -0.119. The molecule has 0 saturated carbocycles. The van der Waals surface area contributed by atoms with Crippen LogP contribution in [0.4, 0.5) is 0 Å². The third kappa shape index (κ3) is 1.86. The van der Waals surface area contributed by atoms with Crippen molar-refractivity contribution < 1.29 is 4.79 Å². The molecular weight excluding hydrogens is 221 g/mol. The lowest BCUT2D eigenvalue weighted by atomic mass is 10.1. The van der Waals surface area contributed by atoms with Crippen LogP contribution in [0.15, 0.2) is 18.2 Å². The van der Waals surface area contributed by atoms with Crippen molar-refractivity contribution in [1.82, 2.24) is 5.32 Å². The molecule has 1 aromatic rings. The molecule has 1 amide bonds. The van der Waals surface area contributed by atoms with Crippen LogP contribution in [0.2, 0.25) is 10.0 Å². The summed E-state index contributed by atoms with van der Waals surface area (Å²) < 4.78 is 0. The summed E-state index contributed by atoms with van der Waals surface area (Å²) in [5.41, 5.74) is 0.946. The van der Waals surface area contributed by atoms with Crippen LogP contribution >= 0.6 is 23.2 Å². The molecule has 1 fully saturated rings. The van der Waals surface area contributed by atoms with Crippen LogP contribution in [0, 0.1) is 0 Å². The van der Waals surface area contributed by atoms with Crippen LogP contribution in [0.3, 0.4) is 0 Å². The fourth-order valence-corrected chi connectivity index (χ4v) is 2.17. The number of nitrogens with one attached hydrogen (secondary N) is 1. The molecule has 0 radical (unpaired) electrons. The van der Waals surface area contributed by atoms with Crippen molar-refractivity contribution in [2.24, 2.45) is 0 Å². The standard InChI is InChI=1S/C10H9Cl2NO/c11-6-1-2-7(8(12)5-6)9-3-4-10(14)13-9/h1-2,5,9H,3-4H2,(H,13,14)/t9-/m0/s1. The fourth-order valence-electron chi connectivity index (χ4n) is 1.63. The Labute approximate surface area is 92.2 Å². The minimum atomic E-state index is 0.0484. The summed E-state index contributed by atoms with van der Waals surface area (Å²) in [5.74, 6) is 0.0843. The van der Waals surface area contributed by atoms with Crippen LogP contribution in [0.5, 0.6) is 0 Å². The van der Waals surface area contributed by atoms with E-state index in [9.17, 15) is 4.79 Å². The molecule has 74 valence electrons. The molecular formula is C10H9Cl2NO. The molecule has 14 heavy (non-hydrogen) atoms. The van der Waals surface area contributed by atoms with E-state index in [1.54, 1.807) is 12.1 Å². The largest absolute Gasteiger partial charge is 0.349 e. The van der Waals surface area contributed by atoms with E-state index >= 15 is 0 Å². The van der Waals surface area contributed by atoms with Crippen LogP contribution < -0.4 is 5.32 Å². The Kier molecular flexibility index (Phi) is 2.66. The number of carbonyl (C=O) groups is 1. The third-order valence-corrected chi connectivity index (χ3v) is 2.90. The molecule has 1 atom stereocenters. The van der Waals surface area contributed by atoms with Crippen LogP contribution in [0.25, 0.3) is 0 Å². The lowest BCUT2D eigenvalue weighted by Gasteiger charge is -2.12. The Balaban J connectivity index is 2.28. The minimum Gasteiger partial charge on any atom is -0.349 e. The van der Waals surface area contributed by atoms with Gasteiger partial charge in [-0.2, -0.15) is 0 Å². The average molecular weight is 230 g/mol. The fraction of sp³-hybridized carbons (Fsp3) is 0.300. The van der Waals surface area contributed by atoms with Crippen LogP contribution in [-0.4, -0.2) is 5.91 Å². The first kappa shape index (κ1) is 9.81. The van der Waals surface area contributed by atoms with Gasteiger partial charge >= 0.3 is 0 Å². The summed E-state index contributed by atoms with van der Waals surface area (Å²) in [6.07, 6.45) is 1.38. The molecule has 0 spiro atoms. The van der Waals surface area contributed by atoms with E-state index in [0.29, 0.717) is 16.5 Å². The average Bonchev–Trinajstić information content (AvgIpc) is 2.51. The highest BCUT2D eigenvalue weighted by atomic mass is 35.5. The molecule has 1 aliphatic heterocycles. The lowest BCUT2D eigenvalue weighted by Crippen LogP contribution is -2.18. The van der Waals surface area contributed by atoms with Crippen molar-refractivity contribution in [3.8, 4) is 0 Å². The zero-order valence-corrected chi connectivity index (χ0v) is 8.90. The molecule has 2 rings (SSSR count). The number of hydrogen-bond donors (Lipinski definition) is 1. The van der Waals surface area contributed by atoms with E-state index in [-0.39, 0.29) is 11.9 Å². The molecule has 2 nitrogen and oxygen atoms in total. The second-order valence-electron chi connectivity index (χ2n) is 3.32. The number of hydrogen-bond acceptors (Lipinski definition) is 1. The maximum Gasteiger partial charge on any atom is 0.220 e. The molecule has 1 aromatic carbocycles. The molecule has 1 heterocycles.